The Kier molecular flexibility index (Phi) is 4.27. The van der Waals surface area contributed by atoms with E-state index in [9.17, 15) is 0 Å². The molecule has 1 aromatic carbocycles. The normalized spacial score (nSPS) is 10.9. The minimum absolute atomic E-state index is 1.02. The summed E-state index contributed by atoms with van der Waals surface area (Å²) in [5.41, 5.74) is 10.7. The van der Waals surface area contributed by atoms with Crippen molar-refractivity contribution in [3.8, 4) is 0 Å². The van der Waals surface area contributed by atoms with Gasteiger partial charge in [0.25, 0.3) is 0 Å². The molecule has 106 valence electrons. The van der Waals surface area contributed by atoms with Gasteiger partial charge in [0.2, 0.25) is 0 Å². The van der Waals surface area contributed by atoms with Crippen molar-refractivity contribution in [1.29, 1.82) is 0 Å². The van der Waals surface area contributed by atoms with Crippen LogP contribution in [-0.2, 0) is 12.8 Å². The Labute approximate surface area is 123 Å². The van der Waals surface area contributed by atoms with Crippen molar-refractivity contribution in [2.45, 2.75) is 54.4 Å². The van der Waals surface area contributed by atoms with Gasteiger partial charge in [-0.2, -0.15) is 0 Å². The predicted molar refractivity (Wildman–Crippen MR) is 86.5 cm³/mol. The van der Waals surface area contributed by atoms with E-state index >= 15 is 0 Å². The maximum Gasteiger partial charge on any atom is 0.0412 e. The molecule has 0 radical (unpaired) electrons. The van der Waals surface area contributed by atoms with Gasteiger partial charge in [-0.25, -0.2) is 0 Å². The molecule has 0 atom stereocenters. The van der Waals surface area contributed by atoms with E-state index in [0.717, 1.165) is 18.5 Å². The van der Waals surface area contributed by atoms with E-state index in [0.29, 0.717) is 0 Å². The maximum absolute atomic E-state index is 4.72. The van der Waals surface area contributed by atoms with Crippen LogP contribution in [0.1, 0.15) is 44.8 Å². The average molecular weight is 267 g/mol. The number of nitrogens with zero attached hydrogens (tertiary/aromatic N) is 1. The summed E-state index contributed by atoms with van der Waals surface area (Å²) in [5, 5.41) is 0. The molecule has 1 aromatic heterocycles. The van der Waals surface area contributed by atoms with E-state index in [1.165, 1.54) is 39.1 Å². The molecule has 1 nitrogen and oxygen atoms in total. The molecule has 0 amide bonds. The molecule has 0 unspecified atom stereocenters. The molecule has 0 fully saturated rings. The van der Waals surface area contributed by atoms with E-state index < -0.39 is 0 Å². The second kappa shape index (κ2) is 5.78. The van der Waals surface area contributed by atoms with E-state index in [1.54, 1.807) is 0 Å². The molecule has 0 saturated heterocycles. The van der Waals surface area contributed by atoms with Gasteiger partial charge in [0.1, 0.15) is 0 Å². The highest BCUT2D eigenvalue weighted by Crippen LogP contribution is 2.19. The summed E-state index contributed by atoms with van der Waals surface area (Å²) in [4.78, 5) is 4.72. The zero-order chi connectivity index (χ0) is 14.9. The first kappa shape index (κ1) is 14.8. The van der Waals surface area contributed by atoms with Crippen molar-refractivity contribution >= 4 is 0 Å². The first-order valence-corrected chi connectivity index (χ1v) is 7.39. The van der Waals surface area contributed by atoms with Gasteiger partial charge in [-0.05, 0) is 88.3 Å². The molecule has 2 aromatic rings. The monoisotopic (exact) mass is 267 g/mol. The highest BCUT2D eigenvalue weighted by Gasteiger charge is 2.06. The highest BCUT2D eigenvalue weighted by molar-refractivity contribution is 5.38. The second-order valence-electron chi connectivity index (χ2n) is 6.01. The van der Waals surface area contributed by atoms with Gasteiger partial charge in [-0.3, -0.25) is 4.98 Å². The topological polar surface area (TPSA) is 12.9 Å². The third kappa shape index (κ3) is 3.09. The zero-order valence-corrected chi connectivity index (χ0v) is 13.6. The standard InChI is InChI=1S/C19H25N/c1-12-9-13(2)16(5)18(10-12)7-8-19-11-14(3)15(4)17(6)20-19/h9-11H,7-8H2,1-6H3. The van der Waals surface area contributed by atoms with E-state index in [1.807, 2.05) is 0 Å². The summed E-state index contributed by atoms with van der Waals surface area (Å²) < 4.78 is 0. The Morgan fingerprint density at radius 3 is 2.05 bits per heavy atom. The van der Waals surface area contributed by atoms with Crippen LogP contribution < -0.4 is 0 Å². The van der Waals surface area contributed by atoms with Crippen LogP contribution in [-0.4, -0.2) is 4.98 Å². The Hall–Kier alpha value is -1.63. The average Bonchev–Trinajstić information content (AvgIpc) is 2.38. The molecule has 0 saturated carbocycles. The van der Waals surface area contributed by atoms with Crippen LogP contribution in [0.3, 0.4) is 0 Å². The SMILES string of the molecule is Cc1cc(C)c(C)c(CCc2cc(C)c(C)c(C)n2)c1. The van der Waals surface area contributed by atoms with E-state index in [2.05, 4.69) is 59.7 Å². The van der Waals surface area contributed by atoms with Gasteiger partial charge in [-0.15, -0.1) is 0 Å². The van der Waals surface area contributed by atoms with Gasteiger partial charge >= 0.3 is 0 Å². The van der Waals surface area contributed by atoms with Crippen molar-refractivity contribution in [3.05, 3.63) is 63.0 Å². The molecule has 0 aliphatic heterocycles. The Bertz CT molecular complexity index is 615. The molecule has 20 heavy (non-hydrogen) atoms. The lowest BCUT2D eigenvalue weighted by atomic mass is 9.96. The van der Waals surface area contributed by atoms with Crippen molar-refractivity contribution in [2.75, 3.05) is 0 Å². The van der Waals surface area contributed by atoms with Crippen molar-refractivity contribution in [3.63, 3.8) is 0 Å². The van der Waals surface area contributed by atoms with Gasteiger partial charge in [0.05, 0.1) is 0 Å². The first-order chi connectivity index (χ1) is 9.38. The van der Waals surface area contributed by atoms with Gasteiger partial charge in [0, 0.05) is 11.4 Å². The molecular formula is C19H25N. The number of hydrogen-bond donors (Lipinski definition) is 0. The molecule has 0 N–H and O–H groups in total. The van der Waals surface area contributed by atoms with Crippen LogP contribution in [0.15, 0.2) is 18.2 Å². The smallest absolute Gasteiger partial charge is 0.0412 e. The number of rotatable bonds is 3. The fourth-order valence-electron chi connectivity index (χ4n) is 2.75. The van der Waals surface area contributed by atoms with E-state index in [4.69, 9.17) is 4.98 Å². The lowest BCUT2D eigenvalue weighted by molar-refractivity contribution is 0.884. The van der Waals surface area contributed by atoms with Gasteiger partial charge < -0.3 is 0 Å². The van der Waals surface area contributed by atoms with Crippen LogP contribution in [0.4, 0.5) is 0 Å². The van der Waals surface area contributed by atoms with Crippen molar-refractivity contribution < 1.29 is 0 Å². The number of hydrogen-bond acceptors (Lipinski definition) is 1. The third-order valence-electron chi connectivity index (χ3n) is 4.40. The summed E-state index contributed by atoms with van der Waals surface area (Å²) in [6.45, 7) is 13.0. The molecule has 0 aliphatic rings. The van der Waals surface area contributed by atoms with E-state index in [-0.39, 0.29) is 0 Å². The Morgan fingerprint density at radius 1 is 0.750 bits per heavy atom. The predicted octanol–water partition coefficient (Wildman–Crippen LogP) is 4.72. The summed E-state index contributed by atoms with van der Waals surface area (Å²) in [5.74, 6) is 0. The van der Waals surface area contributed by atoms with Crippen LogP contribution in [0.5, 0.6) is 0 Å². The zero-order valence-electron chi connectivity index (χ0n) is 13.6. The second-order valence-corrected chi connectivity index (χ2v) is 6.01. The van der Waals surface area contributed by atoms with Crippen LogP contribution in [0.2, 0.25) is 0 Å². The Morgan fingerprint density at radius 2 is 1.40 bits per heavy atom. The van der Waals surface area contributed by atoms with Crippen molar-refractivity contribution in [1.82, 2.24) is 4.98 Å². The molecule has 1 heteroatoms. The van der Waals surface area contributed by atoms with Gasteiger partial charge in [-0.1, -0.05) is 17.7 Å². The minimum atomic E-state index is 1.02. The lowest BCUT2D eigenvalue weighted by Crippen LogP contribution is -2.02. The van der Waals surface area contributed by atoms with Crippen LogP contribution >= 0.6 is 0 Å². The summed E-state index contributed by atoms with van der Waals surface area (Å²) >= 11 is 0. The molecule has 0 bridgehead atoms. The van der Waals surface area contributed by atoms with Gasteiger partial charge in [0.15, 0.2) is 0 Å². The lowest BCUT2D eigenvalue weighted by Gasteiger charge is -2.12. The maximum atomic E-state index is 4.72. The highest BCUT2D eigenvalue weighted by atomic mass is 14.7. The molecule has 0 spiro atoms. The molecule has 1 heterocycles. The molecule has 2 rings (SSSR count). The fourth-order valence-corrected chi connectivity index (χ4v) is 2.75. The van der Waals surface area contributed by atoms with Crippen LogP contribution in [0.25, 0.3) is 0 Å². The summed E-state index contributed by atoms with van der Waals surface area (Å²) in [7, 11) is 0. The molecule has 0 aliphatic carbocycles. The number of pyridine rings is 1. The number of aromatic nitrogens is 1. The third-order valence-corrected chi connectivity index (χ3v) is 4.40. The number of benzene rings is 1. The summed E-state index contributed by atoms with van der Waals surface area (Å²) in [6.07, 6.45) is 2.09. The Balaban J connectivity index is 2.21. The molecular weight excluding hydrogens is 242 g/mol. The summed E-state index contributed by atoms with van der Waals surface area (Å²) in [6, 6.07) is 6.81. The first-order valence-electron chi connectivity index (χ1n) is 7.39. The van der Waals surface area contributed by atoms with Crippen LogP contribution in [0, 0.1) is 41.5 Å². The fraction of sp³-hybridized carbons (Fsp3) is 0.421. The number of aryl methyl sites for hydroxylation is 6. The minimum Gasteiger partial charge on any atom is -0.258 e. The van der Waals surface area contributed by atoms with Crippen molar-refractivity contribution in [2.24, 2.45) is 0 Å². The quantitative estimate of drug-likeness (QED) is 0.784. The largest absolute Gasteiger partial charge is 0.258 e.